The molecule has 6 heteroatoms. The van der Waals surface area contributed by atoms with Gasteiger partial charge in [0.2, 0.25) is 0 Å². The van der Waals surface area contributed by atoms with Crippen LogP contribution in [0.15, 0.2) is 24.3 Å². The zero-order valence-corrected chi connectivity index (χ0v) is 15.0. The maximum atomic E-state index is 10.1. The van der Waals surface area contributed by atoms with E-state index in [0.29, 0.717) is 28.7 Å². The van der Waals surface area contributed by atoms with Crippen LogP contribution in [0.1, 0.15) is 53.6 Å². The molecule has 26 heavy (non-hydrogen) atoms. The molecule has 0 aliphatic heterocycles. The molecule has 0 aliphatic carbocycles. The van der Waals surface area contributed by atoms with Gasteiger partial charge in [-0.25, -0.2) is 0 Å². The minimum Gasteiger partial charge on any atom is -0.507 e. The van der Waals surface area contributed by atoms with Crippen molar-refractivity contribution in [2.75, 3.05) is 0 Å². The Morgan fingerprint density at radius 1 is 0.654 bits per heavy atom. The van der Waals surface area contributed by atoms with Crippen LogP contribution in [-0.4, -0.2) is 30.6 Å². The molecular weight excluding hydrogens is 336 g/mol. The number of rotatable bonds is 7. The lowest BCUT2D eigenvalue weighted by molar-refractivity contribution is 0.263. The van der Waals surface area contributed by atoms with Crippen molar-refractivity contribution in [1.29, 1.82) is 0 Å². The molecule has 2 aromatic carbocycles. The lowest BCUT2D eigenvalue weighted by Gasteiger charge is -2.32. The first-order valence-corrected chi connectivity index (χ1v) is 8.50. The van der Waals surface area contributed by atoms with Gasteiger partial charge in [0.05, 0.1) is 26.4 Å². The third-order valence-corrected chi connectivity index (χ3v) is 5.20. The summed E-state index contributed by atoms with van der Waals surface area (Å²) in [5.41, 5.74) is 2.20. The number of benzene rings is 2. The van der Waals surface area contributed by atoms with E-state index in [1.165, 1.54) is 0 Å². The highest BCUT2D eigenvalue weighted by Gasteiger charge is 2.30. The summed E-state index contributed by atoms with van der Waals surface area (Å²) >= 11 is 0. The van der Waals surface area contributed by atoms with Crippen molar-refractivity contribution in [3.8, 4) is 11.5 Å². The predicted octanol–water partition coefficient (Wildman–Crippen LogP) is 1.78. The van der Waals surface area contributed by atoms with E-state index >= 15 is 0 Å². The van der Waals surface area contributed by atoms with Gasteiger partial charge in [-0.1, -0.05) is 13.8 Å². The molecule has 0 atom stereocenters. The zero-order chi connectivity index (χ0) is 19.5. The predicted molar refractivity (Wildman–Crippen MR) is 96.6 cm³/mol. The Labute approximate surface area is 152 Å². The molecule has 0 saturated heterocycles. The molecule has 6 nitrogen and oxygen atoms in total. The van der Waals surface area contributed by atoms with Gasteiger partial charge in [0.1, 0.15) is 11.5 Å². The molecule has 6 N–H and O–H groups in total. The summed E-state index contributed by atoms with van der Waals surface area (Å²) in [6, 6.07) is 6.73. The first kappa shape index (κ1) is 20.2. The lowest BCUT2D eigenvalue weighted by Crippen LogP contribution is -2.24. The Hall–Kier alpha value is -2.12. The van der Waals surface area contributed by atoms with E-state index in [-0.39, 0.29) is 37.9 Å². The number of hydrogen-bond acceptors (Lipinski definition) is 6. The summed E-state index contributed by atoms with van der Waals surface area (Å²) in [5, 5.41) is 58.3. The number of aromatic hydroxyl groups is 2. The monoisotopic (exact) mass is 362 g/mol. The van der Waals surface area contributed by atoms with Crippen LogP contribution in [0.25, 0.3) is 0 Å². The maximum absolute atomic E-state index is 10.1. The van der Waals surface area contributed by atoms with E-state index in [0.717, 1.165) is 11.1 Å². The summed E-state index contributed by atoms with van der Waals surface area (Å²) in [7, 11) is 0. The standard InChI is InChI=1S/C20H26O6/c1-3-20(2,16-4-12(8-21)18(25)13(5-16)9-22)17-6-14(10-23)19(26)15(7-17)11-24/h4-7,21-26H,3,8-11H2,1-2H3. The Morgan fingerprint density at radius 2 is 0.923 bits per heavy atom. The molecule has 0 bridgehead atoms. The number of aliphatic hydroxyl groups excluding tert-OH is 4. The van der Waals surface area contributed by atoms with Crippen LogP contribution in [0.2, 0.25) is 0 Å². The quantitative estimate of drug-likeness (QED) is 0.447. The Bertz CT molecular complexity index is 672. The van der Waals surface area contributed by atoms with Gasteiger partial charge in [-0.15, -0.1) is 0 Å². The van der Waals surface area contributed by atoms with Gasteiger partial charge >= 0.3 is 0 Å². The van der Waals surface area contributed by atoms with Crippen molar-refractivity contribution in [2.45, 2.75) is 52.1 Å². The smallest absolute Gasteiger partial charge is 0.126 e. The number of aliphatic hydroxyl groups is 4. The highest BCUT2D eigenvalue weighted by atomic mass is 16.3. The van der Waals surface area contributed by atoms with Crippen LogP contribution in [0.4, 0.5) is 0 Å². The van der Waals surface area contributed by atoms with E-state index in [4.69, 9.17) is 0 Å². The molecule has 0 heterocycles. The highest BCUT2D eigenvalue weighted by molar-refractivity contribution is 5.52. The van der Waals surface area contributed by atoms with Gasteiger partial charge in [-0.2, -0.15) is 0 Å². The Balaban J connectivity index is 2.73. The second kappa shape index (κ2) is 8.05. The minimum atomic E-state index is -0.594. The van der Waals surface area contributed by atoms with E-state index in [2.05, 4.69) is 0 Å². The van der Waals surface area contributed by atoms with Crippen molar-refractivity contribution in [3.63, 3.8) is 0 Å². The van der Waals surface area contributed by atoms with E-state index in [1.54, 1.807) is 24.3 Å². The SMILES string of the molecule is CCC(C)(c1cc(CO)c(O)c(CO)c1)c1cc(CO)c(O)c(CO)c1. The zero-order valence-electron chi connectivity index (χ0n) is 15.0. The minimum absolute atomic E-state index is 0.130. The van der Waals surface area contributed by atoms with Crippen molar-refractivity contribution in [1.82, 2.24) is 0 Å². The van der Waals surface area contributed by atoms with Crippen LogP contribution in [-0.2, 0) is 31.8 Å². The van der Waals surface area contributed by atoms with Gasteiger partial charge in [-0.05, 0) is 41.8 Å². The maximum Gasteiger partial charge on any atom is 0.126 e. The van der Waals surface area contributed by atoms with Crippen LogP contribution >= 0.6 is 0 Å². The second-order valence-electron chi connectivity index (χ2n) is 6.60. The summed E-state index contributed by atoms with van der Waals surface area (Å²) in [6.07, 6.45) is 0.633. The average Bonchev–Trinajstić information content (AvgIpc) is 2.67. The fourth-order valence-electron chi connectivity index (χ4n) is 3.21. The molecule has 0 aromatic heterocycles. The molecule has 2 aromatic rings. The molecule has 0 radical (unpaired) electrons. The number of hydrogen-bond donors (Lipinski definition) is 6. The molecule has 0 amide bonds. The van der Waals surface area contributed by atoms with Gasteiger partial charge < -0.3 is 30.6 Å². The average molecular weight is 362 g/mol. The molecule has 142 valence electrons. The summed E-state index contributed by atoms with van der Waals surface area (Å²) in [4.78, 5) is 0. The Morgan fingerprint density at radius 3 is 1.12 bits per heavy atom. The van der Waals surface area contributed by atoms with Crippen molar-refractivity contribution in [3.05, 3.63) is 57.6 Å². The molecule has 0 saturated carbocycles. The summed E-state index contributed by atoms with van der Waals surface area (Å²) in [5.74, 6) is -0.259. The van der Waals surface area contributed by atoms with Gasteiger partial charge in [0, 0.05) is 27.7 Å². The van der Waals surface area contributed by atoms with Crippen LogP contribution in [0.3, 0.4) is 0 Å². The first-order valence-electron chi connectivity index (χ1n) is 8.50. The molecule has 0 unspecified atom stereocenters. The summed E-state index contributed by atoms with van der Waals surface area (Å²) < 4.78 is 0. The van der Waals surface area contributed by atoms with Crippen molar-refractivity contribution >= 4 is 0 Å². The lowest BCUT2D eigenvalue weighted by atomic mass is 9.72. The molecule has 0 fully saturated rings. The van der Waals surface area contributed by atoms with Gasteiger partial charge in [-0.3, -0.25) is 0 Å². The van der Waals surface area contributed by atoms with Gasteiger partial charge in [0.25, 0.3) is 0 Å². The fraction of sp³-hybridized carbons (Fsp3) is 0.400. The molecule has 2 rings (SSSR count). The van der Waals surface area contributed by atoms with Crippen LogP contribution in [0.5, 0.6) is 11.5 Å². The third-order valence-electron chi connectivity index (χ3n) is 5.20. The van der Waals surface area contributed by atoms with Crippen molar-refractivity contribution in [2.24, 2.45) is 0 Å². The fourth-order valence-corrected chi connectivity index (χ4v) is 3.21. The van der Waals surface area contributed by atoms with E-state index in [1.807, 2.05) is 13.8 Å². The molecule has 0 aliphatic rings. The number of phenols is 2. The van der Waals surface area contributed by atoms with Crippen LogP contribution < -0.4 is 0 Å². The Kier molecular flexibility index (Phi) is 6.26. The summed E-state index contributed by atoms with van der Waals surface area (Å²) in [6.45, 7) is 2.44. The molecule has 0 spiro atoms. The normalized spacial score (nSPS) is 11.8. The highest BCUT2D eigenvalue weighted by Crippen LogP contribution is 2.41. The largest absolute Gasteiger partial charge is 0.507 e. The van der Waals surface area contributed by atoms with Gasteiger partial charge in [0.15, 0.2) is 0 Å². The third kappa shape index (κ3) is 3.41. The van der Waals surface area contributed by atoms with E-state index in [9.17, 15) is 30.6 Å². The first-order chi connectivity index (χ1) is 12.4. The van der Waals surface area contributed by atoms with Crippen molar-refractivity contribution < 1.29 is 30.6 Å². The second-order valence-corrected chi connectivity index (χ2v) is 6.60. The van der Waals surface area contributed by atoms with E-state index < -0.39 is 5.41 Å². The van der Waals surface area contributed by atoms with Crippen LogP contribution in [0, 0.1) is 0 Å². The molecular formula is C20H26O6. The topological polar surface area (TPSA) is 121 Å².